The molecule has 3 heterocycles. The van der Waals surface area contributed by atoms with E-state index in [1.165, 1.54) is 4.90 Å². The van der Waals surface area contributed by atoms with Crippen LogP contribution in [0.1, 0.15) is 36.8 Å². The van der Waals surface area contributed by atoms with Crippen molar-refractivity contribution >= 4 is 51.5 Å². The average molecular weight is 644 g/mol. The molecule has 0 radical (unpaired) electrons. The van der Waals surface area contributed by atoms with Crippen LogP contribution >= 0.6 is 0 Å². The number of guanidine groups is 1. The van der Waals surface area contributed by atoms with Gasteiger partial charge in [0.05, 0.1) is 6.04 Å². The van der Waals surface area contributed by atoms with Gasteiger partial charge in [-0.1, -0.05) is 36.4 Å². The summed E-state index contributed by atoms with van der Waals surface area (Å²) >= 11 is 0. The third-order valence-electron chi connectivity index (χ3n) is 8.57. The molecule has 11 N–H and O–H groups in total. The number of aromatic amines is 2. The maximum atomic E-state index is 14.2. The van der Waals surface area contributed by atoms with Crippen molar-refractivity contribution in [3.05, 3.63) is 72.1 Å². The monoisotopic (exact) mass is 643 g/mol. The van der Waals surface area contributed by atoms with Gasteiger partial charge in [-0.25, -0.2) is 4.79 Å². The number of nitrogens with zero attached hydrogens (tertiary/aromatic N) is 2. The van der Waals surface area contributed by atoms with Crippen molar-refractivity contribution in [3.8, 4) is 0 Å². The zero-order valence-electron chi connectivity index (χ0n) is 25.9. The van der Waals surface area contributed by atoms with E-state index in [4.69, 9.17) is 17.2 Å². The molecule has 0 saturated carbocycles. The lowest BCUT2D eigenvalue weighted by molar-refractivity contribution is -0.144. The van der Waals surface area contributed by atoms with E-state index in [1.54, 1.807) is 12.4 Å². The highest BCUT2D eigenvalue weighted by Gasteiger charge is 2.39. The van der Waals surface area contributed by atoms with Gasteiger partial charge in [-0.3, -0.25) is 19.4 Å². The maximum absolute atomic E-state index is 14.2. The van der Waals surface area contributed by atoms with E-state index in [2.05, 4.69) is 25.6 Å². The Hall–Kier alpha value is -5.37. The largest absolute Gasteiger partial charge is 0.480 e. The zero-order valence-corrected chi connectivity index (χ0v) is 25.9. The Kier molecular flexibility index (Phi) is 10.4. The number of carbonyl (C=O) groups excluding carboxylic acids is 3. The molecule has 5 rings (SSSR count). The van der Waals surface area contributed by atoms with Gasteiger partial charge in [-0.2, -0.15) is 0 Å². The summed E-state index contributed by atoms with van der Waals surface area (Å²) in [5.41, 5.74) is 20.2. The van der Waals surface area contributed by atoms with E-state index in [9.17, 15) is 24.3 Å². The van der Waals surface area contributed by atoms with Crippen LogP contribution < -0.4 is 27.8 Å². The number of amides is 3. The van der Waals surface area contributed by atoms with Crippen molar-refractivity contribution < 1.29 is 24.3 Å². The highest BCUT2D eigenvalue weighted by atomic mass is 16.4. The molecule has 4 aromatic rings. The lowest BCUT2D eigenvalue weighted by Gasteiger charge is -2.30. The number of aromatic nitrogens is 2. The molecule has 14 heteroatoms. The van der Waals surface area contributed by atoms with E-state index in [0.717, 1.165) is 32.9 Å². The second-order valence-electron chi connectivity index (χ2n) is 11.8. The summed E-state index contributed by atoms with van der Waals surface area (Å²) in [7, 11) is 0. The van der Waals surface area contributed by atoms with Crippen LogP contribution in [0.25, 0.3) is 21.8 Å². The minimum atomic E-state index is -1.21. The van der Waals surface area contributed by atoms with E-state index in [1.807, 2.05) is 48.5 Å². The standard InChI is InChI=1S/C33H41N9O5/c34-23(9-5-13-37-33(35)36)29(43)40-26(15-19-17-38-24-10-3-1-7-21(19)24)31(45)42-14-6-12-28(42)30(44)41-27(32(46)47)16-20-18-39-25-11-4-2-8-22(20)25/h1-4,7-8,10-11,17-18,23,26-28,38-39H,5-6,9,12-16,34H2,(H,40,43)(H,41,44)(H,46,47)(H4,35,36,37). The Morgan fingerprint density at radius 2 is 1.51 bits per heavy atom. The van der Waals surface area contributed by atoms with Crippen LogP contribution in [0.4, 0.5) is 0 Å². The molecule has 47 heavy (non-hydrogen) atoms. The van der Waals surface area contributed by atoms with E-state index < -0.39 is 47.9 Å². The van der Waals surface area contributed by atoms with Gasteiger partial charge in [-0.15, -0.1) is 0 Å². The number of hydrogen-bond donors (Lipinski definition) is 8. The van der Waals surface area contributed by atoms with E-state index in [-0.39, 0.29) is 25.3 Å². The summed E-state index contributed by atoms with van der Waals surface area (Å²) in [6, 6.07) is 11.1. The molecule has 1 aliphatic heterocycles. The van der Waals surface area contributed by atoms with Crippen LogP contribution in [0.2, 0.25) is 0 Å². The minimum Gasteiger partial charge on any atom is -0.480 e. The van der Waals surface area contributed by atoms with Gasteiger partial charge in [0.2, 0.25) is 17.7 Å². The van der Waals surface area contributed by atoms with Crippen molar-refractivity contribution in [2.45, 2.75) is 62.7 Å². The van der Waals surface area contributed by atoms with Gasteiger partial charge in [0.25, 0.3) is 0 Å². The molecule has 2 aromatic heterocycles. The van der Waals surface area contributed by atoms with E-state index >= 15 is 0 Å². The van der Waals surface area contributed by atoms with E-state index in [0.29, 0.717) is 32.2 Å². The number of benzene rings is 2. The molecule has 4 unspecified atom stereocenters. The Morgan fingerprint density at radius 1 is 0.915 bits per heavy atom. The predicted molar refractivity (Wildman–Crippen MR) is 178 cm³/mol. The molecule has 3 amide bonds. The highest BCUT2D eigenvalue weighted by Crippen LogP contribution is 2.24. The number of para-hydroxylation sites is 2. The number of H-pyrrole nitrogens is 2. The SMILES string of the molecule is NC(N)=NCCCC(N)C(=O)NC(Cc1c[nH]c2ccccc12)C(=O)N1CCCC1C(=O)NC(Cc1c[nH]c2ccccc12)C(=O)O. The lowest BCUT2D eigenvalue weighted by Crippen LogP contribution is -2.57. The number of nitrogens with one attached hydrogen (secondary N) is 4. The molecule has 0 spiro atoms. The Morgan fingerprint density at radius 3 is 2.11 bits per heavy atom. The number of hydrogen-bond acceptors (Lipinski definition) is 6. The predicted octanol–water partition coefficient (Wildman–Crippen LogP) is 0.861. The Labute approximate surface area is 271 Å². The molecule has 248 valence electrons. The van der Waals surface area contributed by atoms with Gasteiger partial charge in [-0.05, 0) is 48.9 Å². The number of nitrogens with two attached hydrogens (primary N) is 3. The molecular weight excluding hydrogens is 602 g/mol. The molecule has 1 aliphatic rings. The van der Waals surface area contributed by atoms with Gasteiger partial charge in [0.15, 0.2) is 5.96 Å². The Bertz CT molecular complexity index is 1780. The summed E-state index contributed by atoms with van der Waals surface area (Å²) in [6.07, 6.45) is 5.40. The smallest absolute Gasteiger partial charge is 0.326 e. The van der Waals surface area contributed by atoms with Gasteiger partial charge in [0, 0.05) is 60.1 Å². The summed E-state index contributed by atoms with van der Waals surface area (Å²) in [5.74, 6) is -2.76. The van der Waals surface area contributed by atoms with Crippen molar-refractivity contribution in [2.24, 2.45) is 22.2 Å². The van der Waals surface area contributed by atoms with Crippen molar-refractivity contribution in [1.29, 1.82) is 0 Å². The van der Waals surface area contributed by atoms with Crippen LogP contribution in [-0.2, 0) is 32.0 Å². The number of likely N-dealkylation sites (tertiary alicyclic amines) is 1. The molecule has 14 nitrogen and oxygen atoms in total. The molecule has 1 saturated heterocycles. The normalized spacial score (nSPS) is 16.4. The summed E-state index contributed by atoms with van der Waals surface area (Å²) in [5, 5.41) is 17.3. The fourth-order valence-electron chi connectivity index (χ4n) is 6.14. The van der Waals surface area contributed by atoms with Crippen LogP contribution in [0.3, 0.4) is 0 Å². The van der Waals surface area contributed by atoms with Crippen LogP contribution in [0, 0.1) is 0 Å². The summed E-state index contributed by atoms with van der Waals surface area (Å²) < 4.78 is 0. The molecule has 2 aromatic carbocycles. The summed E-state index contributed by atoms with van der Waals surface area (Å²) in [6.45, 7) is 0.588. The van der Waals surface area contributed by atoms with Crippen LogP contribution in [-0.4, -0.2) is 86.9 Å². The third-order valence-corrected chi connectivity index (χ3v) is 8.57. The zero-order chi connectivity index (χ0) is 33.5. The van der Waals surface area contributed by atoms with Crippen molar-refractivity contribution in [3.63, 3.8) is 0 Å². The first-order chi connectivity index (χ1) is 22.6. The summed E-state index contributed by atoms with van der Waals surface area (Å²) in [4.78, 5) is 64.9. The van der Waals surface area contributed by atoms with Crippen molar-refractivity contribution in [1.82, 2.24) is 25.5 Å². The Balaban J connectivity index is 1.32. The first-order valence-corrected chi connectivity index (χ1v) is 15.7. The number of carboxylic acids is 1. The van der Waals surface area contributed by atoms with Crippen molar-refractivity contribution in [2.75, 3.05) is 13.1 Å². The first kappa shape index (κ1) is 33.0. The number of carboxylic acid groups (broad SMARTS) is 1. The number of aliphatic carboxylic acids is 1. The van der Waals surface area contributed by atoms with Crippen LogP contribution in [0.5, 0.6) is 0 Å². The first-order valence-electron chi connectivity index (χ1n) is 15.7. The van der Waals surface area contributed by atoms with Gasteiger partial charge < -0.3 is 47.8 Å². The quantitative estimate of drug-likeness (QED) is 0.0556. The number of rotatable bonds is 14. The van der Waals surface area contributed by atoms with Gasteiger partial charge in [0.1, 0.15) is 18.1 Å². The molecule has 1 fully saturated rings. The molecular formula is C33H41N9O5. The second-order valence-corrected chi connectivity index (χ2v) is 11.8. The molecule has 0 aliphatic carbocycles. The topological polar surface area (TPSA) is 238 Å². The fraction of sp³-hybridized carbons (Fsp3) is 0.364. The second kappa shape index (κ2) is 14.8. The molecule has 0 bridgehead atoms. The maximum Gasteiger partial charge on any atom is 0.326 e. The third kappa shape index (κ3) is 7.90. The fourth-order valence-corrected chi connectivity index (χ4v) is 6.14. The highest BCUT2D eigenvalue weighted by molar-refractivity contribution is 5.95. The number of fused-ring (bicyclic) bond motifs is 2. The molecule has 4 atom stereocenters. The number of carbonyl (C=O) groups is 4. The number of aliphatic imine (C=N–C) groups is 1. The minimum absolute atomic E-state index is 0.0516. The van der Waals surface area contributed by atoms with Gasteiger partial charge >= 0.3 is 5.97 Å². The lowest BCUT2D eigenvalue weighted by atomic mass is 10.0. The average Bonchev–Trinajstić information content (AvgIpc) is 3.81. The van der Waals surface area contributed by atoms with Crippen LogP contribution in [0.15, 0.2) is 65.9 Å².